The van der Waals surface area contributed by atoms with Crippen LogP contribution in [0.15, 0.2) is 59.5 Å². The molecule has 128 valence electrons. The summed E-state index contributed by atoms with van der Waals surface area (Å²) in [5.41, 5.74) is 1.20. The largest absolute Gasteiger partial charge is 0.491 e. The van der Waals surface area contributed by atoms with Crippen molar-refractivity contribution in [1.29, 1.82) is 0 Å². The number of benzene rings is 2. The van der Waals surface area contributed by atoms with E-state index in [1.165, 1.54) is 10.5 Å². The van der Waals surface area contributed by atoms with E-state index in [2.05, 4.69) is 37.4 Å². The minimum absolute atomic E-state index is 0.0687. The lowest BCUT2D eigenvalue weighted by Gasteiger charge is -2.14. The second-order valence-corrected chi connectivity index (χ2v) is 6.97. The Labute approximate surface area is 148 Å². The van der Waals surface area contributed by atoms with Crippen LogP contribution in [0.5, 0.6) is 5.75 Å². The van der Waals surface area contributed by atoms with Crippen molar-refractivity contribution in [3.05, 3.63) is 60.2 Å². The van der Waals surface area contributed by atoms with E-state index in [0.29, 0.717) is 25.5 Å². The molecule has 0 aliphatic heterocycles. The molecule has 2 rings (SSSR count). The molecule has 0 saturated carbocycles. The lowest BCUT2D eigenvalue weighted by molar-refractivity contribution is -0.120. The number of hydrogen-bond acceptors (Lipinski definition) is 3. The van der Waals surface area contributed by atoms with Crippen LogP contribution in [0, 0.1) is 0 Å². The van der Waals surface area contributed by atoms with Crippen molar-refractivity contribution in [3.8, 4) is 5.75 Å². The zero-order chi connectivity index (χ0) is 17.2. The van der Waals surface area contributed by atoms with Crippen LogP contribution in [-0.4, -0.2) is 24.8 Å². The number of nitrogens with one attached hydrogen (secondary N) is 1. The predicted octanol–water partition coefficient (Wildman–Crippen LogP) is 4.49. The molecule has 3 nitrogen and oxygen atoms in total. The highest BCUT2D eigenvalue weighted by Gasteiger charge is 2.07. The van der Waals surface area contributed by atoms with E-state index >= 15 is 0 Å². The average molecular weight is 343 g/mol. The van der Waals surface area contributed by atoms with Gasteiger partial charge >= 0.3 is 0 Å². The molecule has 0 aliphatic rings. The van der Waals surface area contributed by atoms with Gasteiger partial charge in [-0.25, -0.2) is 0 Å². The van der Waals surface area contributed by atoms with Gasteiger partial charge in [-0.1, -0.05) is 50.2 Å². The van der Waals surface area contributed by atoms with Gasteiger partial charge in [0.25, 0.3) is 0 Å². The highest BCUT2D eigenvalue weighted by Crippen LogP contribution is 2.25. The van der Waals surface area contributed by atoms with Crippen molar-refractivity contribution in [1.82, 2.24) is 5.32 Å². The summed E-state index contributed by atoms with van der Waals surface area (Å²) in [6, 6.07) is 18.2. The monoisotopic (exact) mass is 343 g/mol. The summed E-state index contributed by atoms with van der Waals surface area (Å²) in [6.07, 6.45) is 0.516. The molecule has 0 heterocycles. The van der Waals surface area contributed by atoms with Crippen LogP contribution in [0.25, 0.3) is 0 Å². The third kappa shape index (κ3) is 6.28. The third-order valence-corrected chi connectivity index (χ3v) is 4.58. The second kappa shape index (κ2) is 10.0. The second-order valence-electron chi connectivity index (χ2n) is 5.80. The molecule has 0 aliphatic carbocycles. The maximum atomic E-state index is 11.8. The predicted molar refractivity (Wildman–Crippen MR) is 101 cm³/mol. The summed E-state index contributed by atoms with van der Waals surface area (Å²) in [4.78, 5) is 13.0. The van der Waals surface area contributed by atoms with Gasteiger partial charge in [0.1, 0.15) is 12.4 Å². The first-order valence-electron chi connectivity index (χ1n) is 8.33. The van der Waals surface area contributed by atoms with Gasteiger partial charge in [0, 0.05) is 17.1 Å². The number of amides is 1. The standard InChI is InChI=1S/C20H25NO2S/c1-16(2)18-10-6-7-11-19(18)23-14-13-21-20(22)12-15-24-17-8-4-3-5-9-17/h3-11,16H,12-15H2,1-2H3,(H,21,22). The molecule has 24 heavy (non-hydrogen) atoms. The van der Waals surface area contributed by atoms with Crippen LogP contribution in [0.4, 0.5) is 0 Å². The van der Waals surface area contributed by atoms with Gasteiger partial charge in [-0.05, 0) is 29.7 Å². The molecule has 0 fully saturated rings. The highest BCUT2D eigenvalue weighted by atomic mass is 32.2. The summed E-state index contributed by atoms with van der Waals surface area (Å²) in [5, 5.41) is 2.91. The normalized spacial score (nSPS) is 10.6. The van der Waals surface area contributed by atoms with E-state index in [4.69, 9.17) is 4.74 Å². The molecule has 0 aromatic heterocycles. The first kappa shape index (κ1) is 18.4. The van der Waals surface area contributed by atoms with E-state index < -0.39 is 0 Å². The molecule has 0 saturated heterocycles. The molecular weight excluding hydrogens is 318 g/mol. The summed E-state index contributed by atoms with van der Waals surface area (Å²) in [5.74, 6) is 2.18. The maximum Gasteiger partial charge on any atom is 0.220 e. The maximum absolute atomic E-state index is 11.8. The van der Waals surface area contributed by atoms with Gasteiger partial charge in [-0.3, -0.25) is 4.79 Å². The molecule has 0 atom stereocenters. The molecule has 0 radical (unpaired) electrons. The Hall–Kier alpha value is -1.94. The van der Waals surface area contributed by atoms with Crippen LogP contribution in [-0.2, 0) is 4.79 Å². The Balaban J connectivity index is 1.63. The number of carbonyl (C=O) groups excluding carboxylic acids is 1. The van der Waals surface area contributed by atoms with E-state index in [9.17, 15) is 4.79 Å². The molecule has 1 N–H and O–H groups in total. The van der Waals surface area contributed by atoms with Crippen LogP contribution >= 0.6 is 11.8 Å². The Kier molecular flexibility index (Phi) is 7.69. The van der Waals surface area contributed by atoms with Crippen LogP contribution in [0.2, 0.25) is 0 Å². The Morgan fingerprint density at radius 1 is 1.08 bits per heavy atom. The number of rotatable bonds is 9. The molecule has 2 aromatic carbocycles. The minimum atomic E-state index is 0.0687. The smallest absolute Gasteiger partial charge is 0.220 e. The van der Waals surface area contributed by atoms with Crippen molar-refractivity contribution in [2.24, 2.45) is 0 Å². The molecule has 0 unspecified atom stereocenters. The summed E-state index contributed by atoms with van der Waals surface area (Å²) < 4.78 is 5.80. The topological polar surface area (TPSA) is 38.3 Å². The van der Waals surface area contributed by atoms with Crippen molar-refractivity contribution in [2.45, 2.75) is 31.1 Å². The lowest BCUT2D eigenvalue weighted by Crippen LogP contribution is -2.28. The third-order valence-electron chi connectivity index (χ3n) is 3.56. The highest BCUT2D eigenvalue weighted by molar-refractivity contribution is 7.99. The van der Waals surface area contributed by atoms with Crippen molar-refractivity contribution in [3.63, 3.8) is 0 Å². The van der Waals surface area contributed by atoms with Crippen LogP contribution in [0.3, 0.4) is 0 Å². The van der Waals surface area contributed by atoms with Crippen LogP contribution in [0.1, 0.15) is 31.7 Å². The van der Waals surface area contributed by atoms with E-state index in [1.807, 2.05) is 36.4 Å². The number of ether oxygens (including phenoxy) is 1. The number of thioether (sulfide) groups is 1. The fraction of sp³-hybridized carbons (Fsp3) is 0.350. The number of para-hydroxylation sites is 1. The van der Waals surface area contributed by atoms with Gasteiger partial charge < -0.3 is 10.1 Å². The van der Waals surface area contributed by atoms with Gasteiger partial charge in [-0.15, -0.1) is 11.8 Å². The first-order chi connectivity index (χ1) is 11.7. The zero-order valence-electron chi connectivity index (χ0n) is 14.3. The number of hydrogen-bond donors (Lipinski definition) is 1. The van der Waals surface area contributed by atoms with Crippen molar-refractivity contribution in [2.75, 3.05) is 18.9 Å². The van der Waals surface area contributed by atoms with Gasteiger partial charge in [0.15, 0.2) is 0 Å². The van der Waals surface area contributed by atoms with E-state index in [1.54, 1.807) is 11.8 Å². The fourth-order valence-corrected chi connectivity index (χ4v) is 3.18. The van der Waals surface area contributed by atoms with Gasteiger partial charge in [0.05, 0.1) is 6.54 Å². The lowest BCUT2D eigenvalue weighted by atomic mass is 10.0. The van der Waals surface area contributed by atoms with Crippen LogP contribution < -0.4 is 10.1 Å². The Bertz CT molecular complexity index is 629. The van der Waals surface area contributed by atoms with Gasteiger partial charge in [0.2, 0.25) is 5.91 Å². The van der Waals surface area contributed by atoms with Crippen molar-refractivity contribution >= 4 is 17.7 Å². The Morgan fingerprint density at radius 3 is 2.54 bits per heavy atom. The quantitative estimate of drug-likeness (QED) is 0.538. The van der Waals surface area contributed by atoms with Gasteiger partial charge in [-0.2, -0.15) is 0 Å². The summed E-state index contributed by atoms with van der Waals surface area (Å²) in [6.45, 7) is 5.31. The zero-order valence-corrected chi connectivity index (χ0v) is 15.1. The fourth-order valence-electron chi connectivity index (χ4n) is 2.31. The average Bonchev–Trinajstić information content (AvgIpc) is 2.60. The first-order valence-corrected chi connectivity index (χ1v) is 9.31. The molecular formula is C20H25NO2S. The molecule has 0 spiro atoms. The SMILES string of the molecule is CC(C)c1ccccc1OCCNC(=O)CCSc1ccccc1. The Morgan fingerprint density at radius 2 is 1.79 bits per heavy atom. The number of carbonyl (C=O) groups is 1. The molecule has 4 heteroatoms. The van der Waals surface area contributed by atoms with Crippen molar-refractivity contribution < 1.29 is 9.53 Å². The minimum Gasteiger partial charge on any atom is -0.491 e. The molecule has 2 aromatic rings. The molecule has 1 amide bonds. The summed E-state index contributed by atoms with van der Waals surface area (Å²) >= 11 is 1.70. The van der Waals surface area contributed by atoms with E-state index in [-0.39, 0.29) is 5.91 Å². The van der Waals surface area contributed by atoms with E-state index in [0.717, 1.165) is 11.5 Å². The molecule has 0 bridgehead atoms. The summed E-state index contributed by atoms with van der Waals surface area (Å²) in [7, 11) is 0.